The second-order valence-corrected chi connectivity index (χ2v) is 8.89. The number of benzene rings is 3. The van der Waals surface area contributed by atoms with Crippen LogP contribution in [0, 0.1) is 10.1 Å². The summed E-state index contributed by atoms with van der Waals surface area (Å²) in [5.74, 6) is -0.0631. The number of nitro benzene ring substituents is 1. The predicted molar refractivity (Wildman–Crippen MR) is 142 cm³/mol. The average molecular weight is 502 g/mol. The number of aromatic nitrogens is 1. The third kappa shape index (κ3) is 5.03. The first-order chi connectivity index (χ1) is 17.5. The highest BCUT2D eigenvalue weighted by Crippen LogP contribution is 2.31. The number of hydrogen-bond donors (Lipinski definition) is 2. The van der Waals surface area contributed by atoms with Crippen molar-refractivity contribution in [3.05, 3.63) is 82.4 Å². The molecule has 1 amide bonds. The lowest BCUT2D eigenvalue weighted by atomic mass is 10.1. The smallest absolute Gasteiger partial charge is 0.293 e. The van der Waals surface area contributed by atoms with Gasteiger partial charge in [0.25, 0.3) is 11.6 Å². The van der Waals surface area contributed by atoms with Crippen LogP contribution in [0.1, 0.15) is 29.6 Å². The van der Waals surface area contributed by atoms with Crippen LogP contribution in [0.25, 0.3) is 22.6 Å². The number of carbonyl (C=O) groups excluding carboxylic acids is 1. The SMILES string of the molecule is O=C(NC(=S)Nc1cccc(-c2nc3ccccc3o2)c1)c1ccc(N2CCCCC2)c([N+](=O)[O-])c1. The van der Waals surface area contributed by atoms with Gasteiger partial charge in [-0.1, -0.05) is 18.2 Å². The Morgan fingerprint density at radius 3 is 2.61 bits per heavy atom. The number of carbonyl (C=O) groups is 1. The quantitative estimate of drug-likeness (QED) is 0.209. The van der Waals surface area contributed by atoms with E-state index in [1.54, 1.807) is 24.3 Å². The molecule has 0 unspecified atom stereocenters. The number of nitrogens with one attached hydrogen (secondary N) is 2. The molecule has 1 aliphatic rings. The van der Waals surface area contributed by atoms with E-state index in [0.29, 0.717) is 22.8 Å². The topological polar surface area (TPSA) is 114 Å². The molecule has 2 N–H and O–H groups in total. The standard InChI is InChI=1S/C26H23N5O4S/c32-24(17-11-12-21(22(16-17)31(33)34)30-13-4-1-5-14-30)29-26(36)27-19-8-6-7-18(15-19)25-28-20-9-2-3-10-23(20)35-25/h2-3,6-12,15-16H,1,4-5,13-14H2,(H2,27,29,32,36). The monoisotopic (exact) mass is 501 g/mol. The fourth-order valence-electron chi connectivity index (χ4n) is 4.28. The minimum absolute atomic E-state index is 0.0671. The molecule has 5 rings (SSSR count). The van der Waals surface area contributed by atoms with Gasteiger partial charge in [-0.25, -0.2) is 4.98 Å². The van der Waals surface area contributed by atoms with E-state index < -0.39 is 10.8 Å². The Balaban J connectivity index is 1.28. The van der Waals surface area contributed by atoms with Gasteiger partial charge < -0.3 is 14.6 Å². The molecule has 0 spiro atoms. The summed E-state index contributed by atoms with van der Waals surface area (Å²) >= 11 is 5.31. The van der Waals surface area contributed by atoms with Crippen molar-refractivity contribution in [2.75, 3.05) is 23.3 Å². The zero-order valence-electron chi connectivity index (χ0n) is 19.3. The van der Waals surface area contributed by atoms with E-state index >= 15 is 0 Å². The lowest BCUT2D eigenvalue weighted by Gasteiger charge is -2.28. The number of fused-ring (bicyclic) bond motifs is 1. The Morgan fingerprint density at radius 1 is 1.03 bits per heavy atom. The molecule has 0 bridgehead atoms. The van der Waals surface area contributed by atoms with Gasteiger partial charge in [-0.2, -0.15) is 0 Å². The molecular weight excluding hydrogens is 478 g/mol. The van der Waals surface area contributed by atoms with Gasteiger partial charge in [0.1, 0.15) is 11.2 Å². The zero-order chi connectivity index (χ0) is 25.1. The number of anilines is 2. The molecule has 1 saturated heterocycles. The Labute approximate surface area is 212 Å². The Kier molecular flexibility index (Phi) is 6.59. The van der Waals surface area contributed by atoms with Crippen molar-refractivity contribution in [1.82, 2.24) is 10.3 Å². The molecule has 182 valence electrons. The van der Waals surface area contributed by atoms with Gasteiger partial charge in [-0.05, 0) is 73.9 Å². The number of nitrogens with zero attached hydrogens (tertiary/aromatic N) is 3. The summed E-state index contributed by atoms with van der Waals surface area (Å²) in [6, 6.07) is 19.3. The molecule has 9 nitrogen and oxygen atoms in total. The first-order valence-electron chi connectivity index (χ1n) is 11.6. The van der Waals surface area contributed by atoms with Gasteiger partial charge in [0, 0.05) is 36.0 Å². The average Bonchev–Trinajstić information content (AvgIpc) is 3.33. The number of hydrogen-bond acceptors (Lipinski definition) is 7. The molecule has 1 aromatic heterocycles. The van der Waals surface area contributed by atoms with Gasteiger partial charge >= 0.3 is 0 Å². The van der Waals surface area contributed by atoms with Crippen molar-refractivity contribution < 1.29 is 14.1 Å². The van der Waals surface area contributed by atoms with E-state index in [4.69, 9.17) is 16.6 Å². The summed E-state index contributed by atoms with van der Waals surface area (Å²) in [6.07, 6.45) is 3.10. The molecule has 0 radical (unpaired) electrons. The first kappa shape index (κ1) is 23.4. The number of piperidine rings is 1. The van der Waals surface area contributed by atoms with Crippen molar-refractivity contribution >= 4 is 51.4 Å². The lowest BCUT2D eigenvalue weighted by Crippen LogP contribution is -2.34. The highest BCUT2D eigenvalue weighted by Gasteiger charge is 2.23. The van der Waals surface area contributed by atoms with Gasteiger partial charge in [0.2, 0.25) is 5.89 Å². The third-order valence-corrected chi connectivity index (χ3v) is 6.22. The summed E-state index contributed by atoms with van der Waals surface area (Å²) in [7, 11) is 0. The molecule has 4 aromatic rings. The summed E-state index contributed by atoms with van der Waals surface area (Å²) in [4.78, 5) is 30.5. The summed E-state index contributed by atoms with van der Waals surface area (Å²) in [6.45, 7) is 1.53. The van der Waals surface area contributed by atoms with Crippen molar-refractivity contribution in [1.29, 1.82) is 0 Å². The maximum Gasteiger partial charge on any atom is 0.293 e. The largest absolute Gasteiger partial charge is 0.436 e. The van der Waals surface area contributed by atoms with E-state index in [2.05, 4.69) is 15.6 Å². The molecular formula is C26H23N5O4S. The number of rotatable bonds is 5. The third-order valence-electron chi connectivity index (χ3n) is 6.02. The fraction of sp³-hybridized carbons (Fsp3) is 0.192. The number of oxazole rings is 1. The van der Waals surface area contributed by atoms with Crippen molar-refractivity contribution in [2.45, 2.75) is 19.3 Å². The fourth-order valence-corrected chi connectivity index (χ4v) is 4.49. The van der Waals surface area contributed by atoms with Crippen LogP contribution in [-0.2, 0) is 0 Å². The van der Waals surface area contributed by atoms with Crippen LogP contribution in [0.5, 0.6) is 0 Å². The molecule has 0 atom stereocenters. The Hall–Kier alpha value is -4.31. The molecule has 0 saturated carbocycles. The van der Waals surface area contributed by atoms with Crippen molar-refractivity contribution in [3.63, 3.8) is 0 Å². The molecule has 1 fully saturated rings. The predicted octanol–water partition coefficient (Wildman–Crippen LogP) is 5.52. The summed E-state index contributed by atoms with van der Waals surface area (Å²) in [5, 5.41) is 17.3. The van der Waals surface area contributed by atoms with E-state index in [-0.39, 0.29) is 16.4 Å². The number of amides is 1. The molecule has 1 aliphatic heterocycles. The normalized spacial score (nSPS) is 13.4. The summed E-state index contributed by atoms with van der Waals surface area (Å²) < 4.78 is 5.82. The highest BCUT2D eigenvalue weighted by molar-refractivity contribution is 7.80. The van der Waals surface area contributed by atoms with Gasteiger partial charge in [-0.3, -0.25) is 20.2 Å². The molecule has 2 heterocycles. The van der Waals surface area contributed by atoms with Crippen LogP contribution in [0.2, 0.25) is 0 Å². The molecule has 3 aromatic carbocycles. The lowest BCUT2D eigenvalue weighted by molar-refractivity contribution is -0.384. The molecule has 0 aliphatic carbocycles. The van der Waals surface area contributed by atoms with Crippen LogP contribution < -0.4 is 15.5 Å². The molecule has 36 heavy (non-hydrogen) atoms. The van der Waals surface area contributed by atoms with Crippen molar-refractivity contribution in [3.8, 4) is 11.5 Å². The van der Waals surface area contributed by atoms with E-state index in [9.17, 15) is 14.9 Å². The minimum atomic E-state index is -0.532. The van der Waals surface area contributed by atoms with Crippen LogP contribution in [0.15, 0.2) is 71.1 Å². The Morgan fingerprint density at radius 2 is 1.83 bits per heavy atom. The maximum atomic E-state index is 12.8. The van der Waals surface area contributed by atoms with Crippen LogP contribution >= 0.6 is 12.2 Å². The second kappa shape index (κ2) is 10.1. The number of para-hydroxylation sites is 2. The van der Waals surface area contributed by atoms with E-state index in [1.165, 1.54) is 6.07 Å². The van der Waals surface area contributed by atoms with Gasteiger partial charge in [0.15, 0.2) is 10.7 Å². The maximum absolute atomic E-state index is 12.8. The number of thiocarbonyl (C=S) groups is 1. The van der Waals surface area contributed by atoms with E-state index in [0.717, 1.165) is 43.4 Å². The Bertz CT molecular complexity index is 1430. The zero-order valence-corrected chi connectivity index (χ0v) is 20.1. The number of nitro groups is 1. The van der Waals surface area contributed by atoms with Crippen LogP contribution in [0.4, 0.5) is 17.1 Å². The van der Waals surface area contributed by atoms with Crippen LogP contribution in [0.3, 0.4) is 0 Å². The van der Waals surface area contributed by atoms with Gasteiger partial charge in [-0.15, -0.1) is 0 Å². The highest BCUT2D eigenvalue weighted by atomic mass is 32.1. The van der Waals surface area contributed by atoms with Crippen LogP contribution in [-0.4, -0.2) is 34.0 Å². The summed E-state index contributed by atoms with van der Waals surface area (Å²) in [5.41, 5.74) is 3.43. The minimum Gasteiger partial charge on any atom is -0.436 e. The molecule has 10 heteroatoms. The van der Waals surface area contributed by atoms with E-state index in [1.807, 2.05) is 41.3 Å². The second-order valence-electron chi connectivity index (χ2n) is 8.48. The van der Waals surface area contributed by atoms with Crippen molar-refractivity contribution in [2.24, 2.45) is 0 Å². The van der Waals surface area contributed by atoms with Gasteiger partial charge in [0.05, 0.1) is 4.92 Å². The first-order valence-corrected chi connectivity index (χ1v) is 12.0.